The van der Waals surface area contributed by atoms with Gasteiger partial charge in [0.15, 0.2) is 0 Å². The maximum absolute atomic E-state index is 11.7. The Balaban J connectivity index is 2.35. The monoisotopic (exact) mass is 165 g/mol. The van der Waals surface area contributed by atoms with E-state index in [4.69, 9.17) is 0 Å². The molecule has 1 amide bonds. The van der Waals surface area contributed by atoms with Crippen LogP contribution in [0.4, 0.5) is 13.6 Å². The van der Waals surface area contributed by atoms with Gasteiger partial charge >= 0.3 is 6.09 Å². The zero-order chi connectivity index (χ0) is 8.43. The third kappa shape index (κ3) is 2.03. The molecule has 3 nitrogen and oxygen atoms in total. The van der Waals surface area contributed by atoms with Crippen LogP contribution in [0.1, 0.15) is 6.42 Å². The van der Waals surface area contributed by atoms with Crippen LogP contribution in [0.3, 0.4) is 0 Å². The van der Waals surface area contributed by atoms with Gasteiger partial charge in [0.25, 0.3) is 0 Å². The van der Waals surface area contributed by atoms with Crippen molar-refractivity contribution in [3.63, 3.8) is 0 Å². The minimum absolute atomic E-state index is 0.267. The molecule has 1 aliphatic heterocycles. The van der Waals surface area contributed by atoms with Crippen LogP contribution in [0, 0.1) is 0 Å². The second-order valence-electron chi connectivity index (χ2n) is 2.51. The number of rotatable bonds is 2. The fourth-order valence-corrected chi connectivity index (χ4v) is 0.971. The highest BCUT2D eigenvalue weighted by Crippen LogP contribution is 2.15. The molecule has 0 aromatic rings. The first-order valence-corrected chi connectivity index (χ1v) is 3.29. The SMILES string of the molecule is CN1CC(CC(F)F)OC1=O. The van der Waals surface area contributed by atoms with Crippen molar-refractivity contribution in [1.82, 2.24) is 4.90 Å². The molecule has 0 bridgehead atoms. The summed E-state index contributed by atoms with van der Waals surface area (Å²) in [5, 5.41) is 0. The Bertz CT molecular complexity index is 163. The van der Waals surface area contributed by atoms with E-state index in [1.165, 1.54) is 11.9 Å². The highest BCUT2D eigenvalue weighted by Gasteiger charge is 2.30. The third-order valence-electron chi connectivity index (χ3n) is 1.50. The van der Waals surface area contributed by atoms with E-state index in [1.54, 1.807) is 0 Å². The number of nitrogens with zero attached hydrogens (tertiary/aromatic N) is 1. The molecule has 5 heteroatoms. The molecule has 0 radical (unpaired) electrons. The van der Waals surface area contributed by atoms with Crippen molar-refractivity contribution in [2.75, 3.05) is 13.6 Å². The molecule has 1 aliphatic rings. The van der Waals surface area contributed by atoms with Gasteiger partial charge in [0.1, 0.15) is 6.10 Å². The molecule has 64 valence electrons. The van der Waals surface area contributed by atoms with E-state index in [2.05, 4.69) is 4.74 Å². The number of cyclic esters (lactones) is 1. The normalized spacial score (nSPS) is 24.5. The summed E-state index contributed by atoms with van der Waals surface area (Å²) in [4.78, 5) is 11.9. The van der Waals surface area contributed by atoms with Gasteiger partial charge < -0.3 is 9.64 Å². The Morgan fingerprint density at radius 1 is 1.82 bits per heavy atom. The smallest absolute Gasteiger partial charge is 0.409 e. The lowest BCUT2D eigenvalue weighted by Crippen LogP contribution is -2.20. The van der Waals surface area contributed by atoms with Crippen LogP contribution in [-0.2, 0) is 4.74 Å². The van der Waals surface area contributed by atoms with E-state index < -0.39 is 18.6 Å². The number of amides is 1. The number of hydrogen-bond donors (Lipinski definition) is 0. The lowest BCUT2D eigenvalue weighted by atomic mass is 10.2. The molecule has 1 heterocycles. The van der Waals surface area contributed by atoms with Crippen molar-refractivity contribution in [3.8, 4) is 0 Å². The topological polar surface area (TPSA) is 29.5 Å². The molecule has 0 spiro atoms. The van der Waals surface area contributed by atoms with Gasteiger partial charge in [-0.25, -0.2) is 13.6 Å². The van der Waals surface area contributed by atoms with Gasteiger partial charge in [-0.3, -0.25) is 0 Å². The van der Waals surface area contributed by atoms with Crippen LogP contribution in [0.25, 0.3) is 0 Å². The number of carbonyl (C=O) groups is 1. The van der Waals surface area contributed by atoms with Crippen LogP contribution in [0.5, 0.6) is 0 Å². The van der Waals surface area contributed by atoms with Gasteiger partial charge in [0.2, 0.25) is 6.43 Å². The van der Waals surface area contributed by atoms with Gasteiger partial charge in [0, 0.05) is 13.5 Å². The van der Waals surface area contributed by atoms with Gasteiger partial charge in [-0.1, -0.05) is 0 Å². The molecule has 1 unspecified atom stereocenters. The molecule has 0 aliphatic carbocycles. The van der Waals surface area contributed by atoms with E-state index in [0.717, 1.165) is 0 Å². The van der Waals surface area contributed by atoms with Gasteiger partial charge in [-0.2, -0.15) is 0 Å². The lowest BCUT2D eigenvalue weighted by molar-refractivity contribution is 0.0676. The fourth-order valence-electron chi connectivity index (χ4n) is 0.971. The first-order valence-electron chi connectivity index (χ1n) is 3.29. The standard InChI is InChI=1S/C6H9F2NO2/c1-9-3-4(2-5(7)8)11-6(9)10/h4-5H,2-3H2,1H3. The Hall–Kier alpha value is -0.870. The zero-order valence-corrected chi connectivity index (χ0v) is 6.09. The molecular formula is C6H9F2NO2. The summed E-state index contributed by atoms with van der Waals surface area (Å²) >= 11 is 0. The van der Waals surface area contributed by atoms with Crippen molar-refractivity contribution in [2.24, 2.45) is 0 Å². The molecule has 11 heavy (non-hydrogen) atoms. The molecule has 0 N–H and O–H groups in total. The summed E-state index contributed by atoms with van der Waals surface area (Å²) in [6.07, 6.45) is -3.92. The number of halogens is 2. The summed E-state index contributed by atoms with van der Waals surface area (Å²) in [7, 11) is 1.52. The largest absolute Gasteiger partial charge is 0.444 e. The first kappa shape index (κ1) is 8.23. The summed E-state index contributed by atoms with van der Waals surface area (Å²) in [5.41, 5.74) is 0. The van der Waals surface area contributed by atoms with Crippen LogP contribution in [0.15, 0.2) is 0 Å². The van der Waals surface area contributed by atoms with Crippen LogP contribution >= 0.6 is 0 Å². The molecule has 1 atom stereocenters. The number of carbonyl (C=O) groups excluding carboxylic acids is 1. The van der Waals surface area contributed by atoms with E-state index >= 15 is 0 Å². The predicted octanol–water partition coefficient (Wildman–Crippen LogP) is 1.09. The summed E-state index contributed by atoms with van der Waals surface area (Å²) in [6.45, 7) is 0.267. The Kier molecular flexibility index (Phi) is 2.26. The highest BCUT2D eigenvalue weighted by atomic mass is 19.3. The first-order chi connectivity index (χ1) is 5.09. The van der Waals surface area contributed by atoms with Crippen LogP contribution in [0.2, 0.25) is 0 Å². The van der Waals surface area contributed by atoms with Crippen molar-refractivity contribution < 1.29 is 18.3 Å². The minimum atomic E-state index is -2.40. The molecule has 1 fully saturated rings. The predicted molar refractivity (Wildman–Crippen MR) is 33.5 cm³/mol. The van der Waals surface area contributed by atoms with E-state index in [-0.39, 0.29) is 13.0 Å². The Morgan fingerprint density at radius 3 is 2.82 bits per heavy atom. The molecule has 0 aromatic heterocycles. The van der Waals surface area contributed by atoms with E-state index in [9.17, 15) is 13.6 Å². The number of likely N-dealkylation sites (N-methyl/N-ethyl adjacent to an activating group) is 1. The zero-order valence-electron chi connectivity index (χ0n) is 6.09. The third-order valence-corrected chi connectivity index (χ3v) is 1.50. The number of alkyl halides is 2. The average molecular weight is 165 g/mol. The lowest BCUT2D eigenvalue weighted by Gasteiger charge is -2.05. The average Bonchev–Trinajstić information content (AvgIpc) is 2.10. The summed E-state index contributed by atoms with van der Waals surface area (Å²) in [5.74, 6) is 0. The summed E-state index contributed by atoms with van der Waals surface area (Å²) in [6, 6.07) is 0. The molecule has 1 saturated heterocycles. The van der Waals surface area contributed by atoms with E-state index in [0.29, 0.717) is 0 Å². The number of ether oxygens (including phenoxy) is 1. The van der Waals surface area contributed by atoms with E-state index in [1.807, 2.05) is 0 Å². The quantitative estimate of drug-likeness (QED) is 0.613. The van der Waals surface area contributed by atoms with Gasteiger partial charge in [-0.05, 0) is 0 Å². The van der Waals surface area contributed by atoms with Crippen molar-refractivity contribution in [2.45, 2.75) is 19.0 Å². The minimum Gasteiger partial charge on any atom is -0.444 e. The maximum atomic E-state index is 11.7. The van der Waals surface area contributed by atoms with Crippen molar-refractivity contribution in [1.29, 1.82) is 0 Å². The van der Waals surface area contributed by atoms with Crippen LogP contribution in [-0.4, -0.2) is 37.1 Å². The number of hydrogen-bond acceptors (Lipinski definition) is 2. The Morgan fingerprint density at radius 2 is 2.45 bits per heavy atom. The fraction of sp³-hybridized carbons (Fsp3) is 0.833. The molecular weight excluding hydrogens is 156 g/mol. The van der Waals surface area contributed by atoms with Crippen LogP contribution < -0.4 is 0 Å². The Labute approximate surface area is 62.9 Å². The van der Waals surface area contributed by atoms with Crippen molar-refractivity contribution >= 4 is 6.09 Å². The molecule has 0 saturated carbocycles. The van der Waals surface area contributed by atoms with Gasteiger partial charge in [-0.15, -0.1) is 0 Å². The molecule has 1 rings (SSSR count). The maximum Gasteiger partial charge on any atom is 0.409 e. The molecule has 0 aromatic carbocycles. The van der Waals surface area contributed by atoms with Gasteiger partial charge in [0.05, 0.1) is 6.54 Å². The highest BCUT2D eigenvalue weighted by molar-refractivity contribution is 5.69. The summed E-state index contributed by atoms with van der Waals surface area (Å²) < 4.78 is 28.1. The second-order valence-corrected chi connectivity index (χ2v) is 2.51. The second kappa shape index (κ2) is 3.02. The van der Waals surface area contributed by atoms with Crippen molar-refractivity contribution in [3.05, 3.63) is 0 Å².